The number of amidine groups is 1. The minimum absolute atomic E-state index is 0.00521. The first-order chi connectivity index (χ1) is 17.7. The van der Waals surface area contributed by atoms with Crippen LogP contribution in [0.15, 0.2) is 14.7 Å². The van der Waals surface area contributed by atoms with Crippen LogP contribution in [-0.2, 0) is 36.2 Å². The lowest BCUT2D eigenvalue weighted by atomic mass is 9.57. The van der Waals surface area contributed by atoms with Crippen molar-refractivity contribution in [1.82, 2.24) is 9.62 Å². The van der Waals surface area contributed by atoms with Crippen LogP contribution < -0.4 is 10.0 Å². The topological polar surface area (TPSA) is 142 Å². The Balaban J connectivity index is 1.35. The van der Waals surface area contributed by atoms with Gasteiger partial charge in [-0.3, -0.25) is 9.59 Å². The number of amides is 1. The van der Waals surface area contributed by atoms with Crippen molar-refractivity contribution in [3.05, 3.63) is 10.9 Å². The molecule has 1 saturated heterocycles. The molecule has 38 heavy (non-hydrogen) atoms. The van der Waals surface area contributed by atoms with E-state index >= 15 is 0 Å². The smallest absolute Gasteiger partial charge is 0.287 e. The summed E-state index contributed by atoms with van der Waals surface area (Å²) in [7, 11) is -7.80. The molecule has 7 atom stereocenters. The molecule has 3 heterocycles. The molecule has 1 aromatic heterocycles. The van der Waals surface area contributed by atoms with E-state index < -0.39 is 26.0 Å². The molecule has 0 aromatic carbocycles. The van der Waals surface area contributed by atoms with Gasteiger partial charge in [0.2, 0.25) is 15.9 Å². The average molecular weight is 583 g/mol. The lowest BCUT2D eigenvalue weighted by molar-refractivity contribution is -0.162. The molecule has 7 rings (SSSR count). The second kappa shape index (κ2) is 8.58. The minimum atomic E-state index is -4.26. The molecule has 6 aliphatic rings. The number of piperidine rings is 1. The SMILES string of the molecule is CC(C)(C)CCN1C(=O)C(C2=NS(=O)(=O)c3c(CNS(C)(=O)=O)csc3N2)C(=O)C2C3CCC(C4CC43)C21. The number of carbonyl (C=O) groups excluding carboxylic acids is 2. The Kier molecular flexibility index (Phi) is 5.96. The van der Waals surface area contributed by atoms with E-state index in [2.05, 4.69) is 35.2 Å². The second-order valence-electron chi connectivity index (χ2n) is 12.8. The van der Waals surface area contributed by atoms with Gasteiger partial charge in [0, 0.05) is 30.6 Å². The maximum absolute atomic E-state index is 14.1. The Bertz CT molecular complexity index is 1460. The summed E-state index contributed by atoms with van der Waals surface area (Å²) in [5.41, 5.74) is 0.262. The van der Waals surface area contributed by atoms with E-state index in [1.807, 2.05) is 4.90 Å². The molecular weight excluding hydrogens is 548 g/mol. The highest BCUT2D eigenvalue weighted by atomic mass is 32.2. The number of likely N-dealkylation sites (tertiary alicyclic amines) is 1. The van der Waals surface area contributed by atoms with Gasteiger partial charge in [-0.1, -0.05) is 20.8 Å². The number of rotatable bonds is 6. The fourth-order valence-electron chi connectivity index (χ4n) is 7.34. The molecule has 1 aromatic rings. The van der Waals surface area contributed by atoms with Gasteiger partial charge in [0.25, 0.3) is 10.0 Å². The lowest BCUT2D eigenvalue weighted by Crippen LogP contribution is -2.67. The molecule has 2 bridgehead atoms. The van der Waals surface area contributed by atoms with Crippen molar-refractivity contribution in [3.63, 3.8) is 0 Å². The number of sulfonamides is 2. The fourth-order valence-corrected chi connectivity index (χ4v) is 10.4. The molecule has 0 radical (unpaired) electrons. The Morgan fingerprint density at radius 3 is 2.53 bits per heavy atom. The van der Waals surface area contributed by atoms with Crippen LogP contribution in [0.1, 0.15) is 52.0 Å². The second-order valence-corrected chi connectivity index (χ2v) is 17.0. The van der Waals surface area contributed by atoms with Gasteiger partial charge in [-0.05, 0) is 60.1 Å². The number of hydrogen-bond acceptors (Lipinski definition) is 8. The summed E-state index contributed by atoms with van der Waals surface area (Å²) in [6.07, 6.45) is 4.92. The van der Waals surface area contributed by atoms with E-state index in [1.54, 1.807) is 5.38 Å². The van der Waals surface area contributed by atoms with Crippen LogP contribution >= 0.6 is 11.3 Å². The zero-order valence-electron chi connectivity index (χ0n) is 21.9. The van der Waals surface area contributed by atoms with Crippen LogP contribution in [0.4, 0.5) is 5.00 Å². The molecule has 4 aliphatic carbocycles. The van der Waals surface area contributed by atoms with Crippen molar-refractivity contribution >= 4 is 53.9 Å². The summed E-state index contributed by atoms with van der Waals surface area (Å²) in [6.45, 7) is 6.70. The van der Waals surface area contributed by atoms with Gasteiger partial charge in [0.1, 0.15) is 15.7 Å². The van der Waals surface area contributed by atoms with Gasteiger partial charge >= 0.3 is 0 Å². The fraction of sp³-hybridized carbons (Fsp3) is 0.720. The van der Waals surface area contributed by atoms with Crippen LogP contribution in [0, 0.1) is 40.9 Å². The molecule has 4 saturated carbocycles. The molecule has 7 unspecified atom stereocenters. The van der Waals surface area contributed by atoms with Gasteiger partial charge in [-0.2, -0.15) is 8.42 Å². The first-order valence-electron chi connectivity index (χ1n) is 13.2. The van der Waals surface area contributed by atoms with Crippen LogP contribution in [-0.4, -0.2) is 58.1 Å². The van der Waals surface area contributed by atoms with E-state index in [4.69, 9.17) is 0 Å². The molecule has 1 amide bonds. The molecule has 10 nitrogen and oxygen atoms in total. The Hall–Kier alpha value is -1.83. The summed E-state index contributed by atoms with van der Waals surface area (Å²) in [5, 5.41) is 4.80. The maximum atomic E-state index is 14.1. The third-order valence-corrected chi connectivity index (χ3v) is 12.2. The summed E-state index contributed by atoms with van der Waals surface area (Å²) in [5.74, 6) is -0.548. The van der Waals surface area contributed by atoms with E-state index in [-0.39, 0.29) is 62.8 Å². The Morgan fingerprint density at radius 2 is 1.84 bits per heavy atom. The van der Waals surface area contributed by atoms with E-state index in [0.29, 0.717) is 24.3 Å². The predicted octanol–water partition coefficient (Wildman–Crippen LogP) is 2.43. The highest BCUT2D eigenvalue weighted by Crippen LogP contribution is 2.66. The zero-order chi connectivity index (χ0) is 27.4. The first kappa shape index (κ1) is 26.4. The monoisotopic (exact) mass is 582 g/mol. The van der Waals surface area contributed by atoms with Crippen LogP contribution in [0.3, 0.4) is 0 Å². The predicted molar refractivity (Wildman–Crippen MR) is 144 cm³/mol. The van der Waals surface area contributed by atoms with E-state index in [1.165, 1.54) is 0 Å². The quantitative estimate of drug-likeness (QED) is 0.491. The standard InChI is InChI=1S/C25H34N4O6S3/c1-25(2,3)7-8-29-19-14-6-5-13(15-9-16(14)15)17(19)20(30)18(24(29)31)22-27-23-21(38(34,35)28-22)12(11-36-23)10-26-37(4,32)33/h11,13-19,26H,5-10H2,1-4H3,(H,27,28). The Labute approximate surface area is 227 Å². The highest BCUT2D eigenvalue weighted by molar-refractivity contribution is 7.91. The molecule has 2 N–H and O–H groups in total. The lowest BCUT2D eigenvalue weighted by Gasteiger charge is -2.55. The number of nitrogens with one attached hydrogen (secondary N) is 2. The third-order valence-electron chi connectivity index (χ3n) is 9.03. The largest absolute Gasteiger partial charge is 0.338 e. The van der Waals surface area contributed by atoms with Gasteiger partial charge in [-0.15, -0.1) is 15.7 Å². The Morgan fingerprint density at radius 1 is 1.16 bits per heavy atom. The van der Waals surface area contributed by atoms with Gasteiger partial charge in [0.05, 0.1) is 6.26 Å². The summed E-state index contributed by atoms with van der Waals surface area (Å²) < 4.78 is 56.0. The van der Waals surface area contributed by atoms with Crippen LogP contribution in [0.25, 0.3) is 0 Å². The van der Waals surface area contributed by atoms with Crippen molar-refractivity contribution in [2.45, 2.75) is 63.9 Å². The van der Waals surface area contributed by atoms with Crippen molar-refractivity contribution in [2.24, 2.45) is 45.3 Å². The normalized spacial score (nSPS) is 35.2. The number of ketones is 1. The molecule has 208 valence electrons. The number of fused-ring (bicyclic) bond motifs is 2. The number of anilines is 1. The number of hydrogen-bond donors (Lipinski definition) is 2. The van der Waals surface area contributed by atoms with Crippen molar-refractivity contribution in [2.75, 3.05) is 18.1 Å². The summed E-state index contributed by atoms with van der Waals surface area (Å²) in [6, 6.07) is -0.108. The first-order valence-corrected chi connectivity index (χ1v) is 17.4. The minimum Gasteiger partial charge on any atom is -0.338 e. The molecule has 13 heteroatoms. The number of thiophene rings is 1. The number of carbonyl (C=O) groups is 2. The van der Waals surface area contributed by atoms with Crippen LogP contribution in [0.5, 0.6) is 0 Å². The third kappa shape index (κ3) is 4.33. The zero-order valence-corrected chi connectivity index (χ0v) is 24.4. The van der Waals surface area contributed by atoms with Crippen molar-refractivity contribution < 1.29 is 26.4 Å². The van der Waals surface area contributed by atoms with Crippen LogP contribution in [0.2, 0.25) is 0 Å². The molecule has 5 fully saturated rings. The van der Waals surface area contributed by atoms with Gasteiger partial charge < -0.3 is 10.2 Å². The maximum Gasteiger partial charge on any atom is 0.287 e. The van der Waals surface area contributed by atoms with Crippen molar-refractivity contribution in [3.8, 4) is 0 Å². The molecular formula is C25H34N4O6S3. The van der Waals surface area contributed by atoms with Crippen molar-refractivity contribution in [1.29, 1.82) is 0 Å². The molecule has 0 spiro atoms. The number of Topliss-reactive ketones (excluding diaryl/α,β-unsaturated/α-hetero) is 1. The van der Waals surface area contributed by atoms with Gasteiger partial charge in [-0.25, -0.2) is 13.1 Å². The average Bonchev–Trinajstić information content (AvgIpc) is 3.51. The van der Waals surface area contributed by atoms with E-state index in [9.17, 15) is 26.4 Å². The van der Waals surface area contributed by atoms with Gasteiger partial charge in [0.15, 0.2) is 11.7 Å². The van der Waals surface area contributed by atoms with E-state index in [0.717, 1.165) is 43.3 Å². The molecule has 2 aliphatic heterocycles. The highest BCUT2D eigenvalue weighted by Gasteiger charge is 2.67. The number of nitrogens with zero attached hydrogens (tertiary/aromatic N) is 2. The summed E-state index contributed by atoms with van der Waals surface area (Å²) in [4.78, 5) is 29.9. The summed E-state index contributed by atoms with van der Waals surface area (Å²) >= 11 is 1.09.